The minimum absolute atomic E-state index is 0.0350. The third-order valence-electron chi connectivity index (χ3n) is 3.59. The van der Waals surface area contributed by atoms with Gasteiger partial charge < -0.3 is 9.47 Å². The first-order chi connectivity index (χ1) is 8.73. The molecule has 0 fully saturated rings. The van der Waals surface area contributed by atoms with Crippen LogP contribution in [0.5, 0.6) is 0 Å². The smallest absolute Gasteiger partial charge is 0.333 e. The number of carbonyl (C=O) groups excluding carboxylic acids is 2. The summed E-state index contributed by atoms with van der Waals surface area (Å²) in [7, 11) is 0. The number of rotatable bonds is 4. The summed E-state index contributed by atoms with van der Waals surface area (Å²) < 4.78 is 10.9. The van der Waals surface area contributed by atoms with Gasteiger partial charge in [0.15, 0.2) is 0 Å². The average Bonchev–Trinajstić information content (AvgIpc) is 2.29. The zero-order valence-electron chi connectivity index (χ0n) is 12.6. The minimum atomic E-state index is -0.299. The van der Waals surface area contributed by atoms with Crippen LogP contribution in [0.1, 0.15) is 41.5 Å². The summed E-state index contributed by atoms with van der Waals surface area (Å²) in [5.41, 5.74) is 0.643. The number of carbonyl (C=O) groups is 2. The Balaban J connectivity index is 2.88. The molecule has 0 amide bonds. The van der Waals surface area contributed by atoms with Gasteiger partial charge in [-0.05, 0) is 12.8 Å². The maximum absolute atomic E-state index is 11.7. The number of esters is 2. The second-order valence-electron chi connectivity index (χ2n) is 5.76. The van der Waals surface area contributed by atoms with Crippen molar-refractivity contribution < 1.29 is 19.1 Å². The van der Waals surface area contributed by atoms with Gasteiger partial charge in [0.1, 0.15) is 12.2 Å². The summed E-state index contributed by atoms with van der Waals surface area (Å²) in [6.45, 7) is 11.1. The first-order valence-corrected chi connectivity index (χ1v) is 6.80. The lowest BCUT2D eigenvalue weighted by Gasteiger charge is -2.36. The fraction of sp³-hybridized carbons (Fsp3) is 0.733. The van der Waals surface area contributed by atoms with Gasteiger partial charge in [-0.25, -0.2) is 4.79 Å². The molecule has 4 nitrogen and oxygen atoms in total. The van der Waals surface area contributed by atoms with Crippen molar-refractivity contribution >= 4 is 11.9 Å². The van der Waals surface area contributed by atoms with Crippen molar-refractivity contribution in [1.82, 2.24) is 0 Å². The summed E-state index contributed by atoms with van der Waals surface area (Å²) in [6.07, 6.45) is 1.44. The molecule has 0 radical (unpaired) electrons. The Hall–Kier alpha value is -1.32. The first-order valence-electron chi connectivity index (χ1n) is 6.80. The van der Waals surface area contributed by atoms with E-state index >= 15 is 0 Å². The Morgan fingerprint density at radius 2 is 1.95 bits per heavy atom. The molecule has 0 aliphatic carbocycles. The normalized spacial score (nSPS) is 26.5. The Morgan fingerprint density at radius 3 is 2.42 bits per heavy atom. The van der Waals surface area contributed by atoms with E-state index in [1.165, 1.54) is 6.92 Å². The van der Waals surface area contributed by atoms with Crippen LogP contribution in [0, 0.1) is 17.8 Å². The molecule has 1 aliphatic heterocycles. The molecule has 0 aromatic carbocycles. The molecule has 0 saturated carbocycles. The number of ether oxygens (including phenoxy) is 2. The van der Waals surface area contributed by atoms with Crippen LogP contribution in [-0.2, 0) is 19.1 Å². The zero-order valence-corrected chi connectivity index (χ0v) is 12.6. The number of cyclic esters (lactones) is 1. The number of hydrogen-bond acceptors (Lipinski definition) is 4. The fourth-order valence-electron chi connectivity index (χ4n) is 2.70. The van der Waals surface area contributed by atoms with Gasteiger partial charge in [-0.2, -0.15) is 0 Å². The fourth-order valence-corrected chi connectivity index (χ4v) is 2.70. The summed E-state index contributed by atoms with van der Waals surface area (Å²) >= 11 is 0. The van der Waals surface area contributed by atoms with Gasteiger partial charge >= 0.3 is 11.9 Å². The van der Waals surface area contributed by atoms with Crippen LogP contribution in [-0.4, -0.2) is 24.1 Å². The second kappa shape index (κ2) is 6.22. The molecule has 4 heteroatoms. The molecule has 0 spiro atoms. The lowest BCUT2D eigenvalue weighted by atomic mass is 9.83. The maximum atomic E-state index is 11.7. The molecular weight excluding hydrogens is 244 g/mol. The summed E-state index contributed by atoms with van der Waals surface area (Å²) in [6, 6.07) is 0. The van der Waals surface area contributed by atoms with Crippen LogP contribution >= 0.6 is 0 Å². The van der Waals surface area contributed by atoms with Gasteiger partial charge in [-0.3, -0.25) is 4.79 Å². The Morgan fingerprint density at radius 1 is 1.37 bits per heavy atom. The molecule has 0 aromatic heterocycles. The van der Waals surface area contributed by atoms with Gasteiger partial charge in [-0.1, -0.05) is 33.8 Å². The molecule has 108 valence electrons. The van der Waals surface area contributed by atoms with Gasteiger partial charge in [-0.15, -0.1) is 0 Å². The van der Waals surface area contributed by atoms with Crippen molar-refractivity contribution in [1.29, 1.82) is 0 Å². The van der Waals surface area contributed by atoms with E-state index in [0.717, 1.165) is 0 Å². The highest BCUT2D eigenvalue weighted by Gasteiger charge is 2.37. The SMILES string of the molecule is CC(=O)O[C@@H](C(C)C)[C@@H](C)[C@@H]1OC(=O)C(C)=C[C@H]1C. The van der Waals surface area contributed by atoms with E-state index in [0.29, 0.717) is 5.57 Å². The van der Waals surface area contributed by atoms with Crippen LogP contribution in [0.4, 0.5) is 0 Å². The molecule has 1 rings (SSSR count). The molecule has 19 heavy (non-hydrogen) atoms. The van der Waals surface area contributed by atoms with Gasteiger partial charge in [0.25, 0.3) is 0 Å². The molecular formula is C15H24O4. The Bertz CT molecular complexity index is 384. The second-order valence-corrected chi connectivity index (χ2v) is 5.76. The monoisotopic (exact) mass is 268 g/mol. The van der Waals surface area contributed by atoms with Crippen molar-refractivity contribution in [2.24, 2.45) is 17.8 Å². The van der Waals surface area contributed by atoms with Gasteiger partial charge in [0, 0.05) is 24.3 Å². The van der Waals surface area contributed by atoms with Crippen molar-refractivity contribution in [3.63, 3.8) is 0 Å². The average molecular weight is 268 g/mol. The van der Waals surface area contributed by atoms with Gasteiger partial charge in [0.2, 0.25) is 0 Å². The molecule has 0 aromatic rings. The van der Waals surface area contributed by atoms with Crippen molar-refractivity contribution in [2.75, 3.05) is 0 Å². The van der Waals surface area contributed by atoms with E-state index in [9.17, 15) is 9.59 Å². The van der Waals surface area contributed by atoms with Crippen LogP contribution in [0.15, 0.2) is 11.6 Å². The summed E-state index contributed by atoms with van der Waals surface area (Å²) in [4.78, 5) is 22.9. The molecule has 0 saturated heterocycles. The maximum Gasteiger partial charge on any atom is 0.333 e. The molecule has 4 atom stereocenters. The van der Waals surface area contributed by atoms with E-state index in [4.69, 9.17) is 9.47 Å². The predicted molar refractivity (Wildman–Crippen MR) is 72.4 cm³/mol. The third kappa shape index (κ3) is 3.82. The van der Waals surface area contributed by atoms with E-state index in [1.807, 2.05) is 33.8 Å². The lowest BCUT2D eigenvalue weighted by Crippen LogP contribution is -2.43. The summed E-state index contributed by atoms with van der Waals surface area (Å²) in [5, 5.41) is 0. The first kappa shape index (κ1) is 15.7. The van der Waals surface area contributed by atoms with Crippen LogP contribution in [0.25, 0.3) is 0 Å². The van der Waals surface area contributed by atoms with Crippen molar-refractivity contribution in [3.05, 3.63) is 11.6 Å². The largest absolute Gasteiger partial charge is 0.462 e. The van der Waals surface area contributed by atoms with E-state index in [2.05, 4.69) is 0 Å². The molecule has 0 unspecified atom stereocenters. The Labute approximate surface area is 115 Å². The highest BCUT2D eigenvalue weighted by Crippen LogP contribution is 2.30. The molecule has 0 N–H and O–H groups in total. The van der Waals surface area contributed by atoms with Crippen LogP contribution in [0.2, 0.25) is 0 Å². The van der Waals surface area contributed by atoms with Gasteiger partial charge in [0.05, 0.1) is 0 Å². The standard InChI is InChI=1S/C15H24O4/c1-8(2)13(18-12(6)16)11(5)14-9(3)7-10(4)15(17)19-14/h7-9,11,13-14H,1-6H3/t9-,11-,13+,14-/m1/s1. The lowest BCUT2D eigenvalue weighted by molar-refractivity contribution is -0.163. The van der Waals surface area contributed by atoms with E-state index < -0.39 is 0 Å². The predicted octanol–water partition coefficient (Wildman–Crippen LogP) is 2.72. The van der Waals surface area contributed by atoms with E-state index in [1.54, 1.807) is 6.92 Å². The zero-order chi connectivity index (χ0) is 14.7. The molecule has 0 bridgehead atoms. The van der Waals surface area contributed by atoms with Crippen molar-refractivity contribution in [2.45, 2.75) is 53.8 Å². The summed E-state index contributed by atoms with van der Waals surface area (Å²) in [5.74, 6) is -0.305. The molecule has 1 heterocycles. The highest BCUT2D eigenvalue weighted by atomic mass is 16.6. The number of hydrogen-bond donors (Lipinski definition) is 0. The topological polar surface area (TPSA) is 52.6 Å². The van der Waals surface area contributed by atoms with E-state index in [-0.39, 0.29) is 41.9 Å². The third-order valence-corrected chi connectivity index (χ3v) is 3.59. The van der Waals surface area contributed by atoms with Crippen molar-refractivity contribution in [3.8, 4) is 0 Å². The highest BCUT2D eigenvalue weighted by molar-refractivity contribution is 5.88. The van der Waals surface area contributed by atoms with Crippen LogP contribution < -0.4 is 0 Å². The minimum Gasteiger partial charge on any atom is -0.462 e. The Kier molecular flexibility index (Phi) is 5.15. The quantitative estimate of drug-likeness (QED) is 0.736. The molecule has 1 aliphatic rings. The van der Waals surface area contributed by atoms with Crippen LogP contribution in [0.3, 0.4) is 0 Å².